The molecule has 0 N–H and O–H groups in total. The van der Waals surface area contributed by atoms with E-state index in [1.807, 2.05) is 42.9 Å². The van der Waals surface area contributed by atoms with Crippen molar-refractivity contribution in [3.05, 3.63) is 41.0 Å². The van der Waals surface area contributed by atoms with Gasteiger partial charge < -0.3 is 4.90 Å². The highest BCUT2D eigenvalue weighted by molar-refractivity contribution is 6.06. The maximum Gasteiger partial charge on any atom is 0.254 e. The van der Waals surface area contributed by atoms with Gasteiger partial charge in [-0.05, 0) is 25.8 Å². The molecule has 1 saturated heterocycles. The SMILES string of the molecule is Cc1nn(C)c2nc(C3CC3)cc(C(=O)N3CCN(Cc4cnn(C)c4)CC3)c12. The van der Waals surface area contributed by atoms with Gasteiger partial charge in [0.2, 0.25) is 0 Å². The topological polar surface area (TPSA) is 72.1 Å². The number of pyridine rings is 1. The van der Waals surface area contributed by atoms with Gasteiger partial charge in [0.1, 0.15) is 0 Å². The number of nitrogens with zero attached hydrogens (tertiary/aromatic N) is 7. The average molecular weight is 393 g/mol. The lowest BCUT2D eigenvalue weighted by molar-refractivity contribution is 0.0630. The lowest BCUT2D eigenvalue weighted by atomic mass is 10.1. The van der Waals surface area contributed by atoms with Crippen molar-refractivity contribution in [1.29, 1.82) is 0 Å². The van der Waals surface area contributed by atoms with Crippen LogP contribution in [0.1, 0.15) is 46.1 Å². The number of fused-ring (bicyclic) bond motifs is 1. The highest BCUT2D eigenvalue weighted by Crippen LogP contribution is 2.40. The molecule has 1 aliphatic heterocycles. The van der Waals surface area contributed by atoms with Crippen molar-refractivity contribution >= 4 is 16.9 Å². The molecule has 29 heavy (non-hydrogen) atoms. The second kappa shape index (κ2) is 6.95. The van der Waals surface area contributed by atoms with E-state index in [1.54, 1.807) is 4.68 Å². The van der Waals surface area contributed by atoms with Crippen LogP contribution in [0.15, 0.2) is 18.5 Å². The third-order valence-corrected chi connectivity index (χ3v) is 6.04. The molecule has 3 aromatic rings. The van der Waals surface area contributed by atoms with Crippen LogP contribution < -0.4 is 0 Å². The second-order valence-electron chi connectivity index (χ2n) is 8.37. The van der Waals surface area contributed by atoms with Gasteiger partial charge in [-0.3, -0.25) is 19.1 Å². The van der Waals surface area contributed by atoms with E-state index in [9.17, 15) is 4.79 Å². The van der Waals surface area contributed by atoms with Crippen molar-refractivity contribution in [1.82, 2.24) is 34.3 Å². The van der Waals surface area contributed by atoms with Gasteiger partial charge in [-0.15, -0.1) is 0 Å². The fourth-order valence-corrected chi connectivity index (χ4v) is 4.31. The Balaban J connectivity index is 1.36. The Kier molecular flexibility index (Phi) is 4.38. The molecule has 1 amide bonds. The zero-order valence-corrected chi connectivity index (χ0v) is 17.3. The Morgan fingerprint density at radius 1 is 1.17 bits per heavy atom. The summed E-state index contributed by atoms with van der Waals surface area (Å²) >= 11 is 0. The normalized spacial score (nSPS) is 18.0. The lowest BCUT2D eigenvalue weighted by Crippen LogP contribution is -2.48. The molecule has 1 aliphatic carbocycles. The summed E-state index contributed by atoms with van der Waals surface area (Å²) in [6, 6.07) is 2.03. The Labute approximate surface area is 170 Å². The minimum atomic E-state index is 0.108. The molecule has 1 saturated carbocycles. The summed E-state index contributed by atoms with van der Waals surface area (Å²) < 4.78 is 3.64. The van der Waals surface area contributed by atoms with Crippen LogP contribution in [-0.2, 0) is 20.6 Å². The Hall–Kier alpha value is -2.74. The quantitative estimate of drug-likeness (QED) is 0.676. The van der Waals surface area contributed by atoms with Crippen molar-refractivity contribution in [2.24, 2.45) is 14.1 Å². The van der Waals surface area contributed by atoms with Crippen LogP contribution in [0, 0.1) is 6.92 Å². The number of hydrogen-bond donors (Lipinski definition) is 0. The van der Waals surface area contributed by atoms with Crippen LogP contribution in [0.25, 0.3) is 11.0 Å². The predicted octanol–water partition coefficient (Wildman–Crippen LogP) is 1.85. The molecule has 0 unspecified atom stereocenters. The van der Waals surface area contributed by atoms with Crippen molar-refractivity contribution < 1.29 is 4.79 Å². The van der Waals surface area contributed by atoms with Crippen molar-refractivity contribution in [3.63, 3.8) is 0 Å². The minimum absolute atomic E-state index is 0.108. The minimum Gasteiger partial charge on any atom is -0.336 e. The van der Waals surface area contributed by atoms with Gasteiger partial charge in [-0.25, -0.2) is 4.98 Å². The Morgan fingerprint density at radius 2 is 1.93 bits per heavy atom. The van der Waals surface area contributed by atoms with Crippen LogP contribution in [-0.4, -0.2) is 66.4 Å². The molecule has 0 aromatic carbocycles. The Morgan fingerprint density at radius 3 is 2.59 bits per heavy atom. The lowest BCUT2D eigenvalue weighted by Gasteiger charge is -2.34. The summed E-state index contributed by atoms with van der Waals surface area (Å²) in [6.45, 7) is 6.06. The highest BCUT2D eigenvalue weighted by Gasteiger charge is 2.30. The molecule has 3 aromatic heterocycles. The van der Waals surface area contributed by atoms with Crippen molar-refractivity contribution in [3.8, 4) is 0 Å². The summed E-state index contributed by atoms with van der Waals surface area (Å²) in [7, 11) is 3.84. The van der Waals surface area contributed by atoms with Gasteiger partial charge >= 0.3 is 0 Å². The number of amides is 1. The van der Waals surface area contributed by atoms with E-state index >= 15 is 0 Å². The van der Waals surface area contributed by atoms with Crippen LogP contribution in [0.5, 0.6) is 0 Å². The first-order valence-corrected chi connectivity index (χ1v) is 10.3. The molecule has 8 heteroatoms. The maximum atomic E-state index is 13.5. The number of aryl methyl sites for hydroxylation is 3. The molecule has 0 radical (unpaired) electrons. The zero-order chi connectivity index (χ0) is 20.1. The predicted molar refractivity (Wildman–Crippen MR) is 110 cm³/mol. The molecule has 0 bridgehead atoms. The molecular formula is C21H27N7O. The standard InChI is InChI=1S/C21H27N7O/c1-14-19-17(10-18(16-4-5-16)23-20(19)26(3)24-14)21(29)28-8-6-27(7-9-28)13-15-11-22-25(2)12-15/h10-12,16H,4-9,13H2,1-3H3. The van der Waals surface area contributed by atoms with Crippen molar-refractivity contribution in [2.75, 3.05) is 26.2 Å². The van der Waals surface area contributed by atoms with Gasteiger partial charge in [0.15, 0.2) is 5.65 Å². The molecule has 0 spiro atoms. The molecular weight excluding hydrogens is 366 g/mol. The molecule has 152 valence electrons. The van der Waals surface area contributed by atoms with Gasteiger partial charge in [-0.1, -0.05) is 0 Å². The fourth-order valence-electron chi connectivity index (χ4n) is 4.31. The summed E-state index contributed by atoms with van der Waals surface area (Å²) in [5.74, 6) is 0.605. The average Bonchev–Trinajstić information content (AvgIpc) is 3.43. The van der Waals surface area contributed by atoms with Crippen LogP contribution in [0.4, 0.5) is 0 Å². The maximum absolute atomic E-state index is 13.5. The van der Waals surface area contributed by atoms with E-state index in [0.29, 0.717) is 5.92 Å². The molecule has 2 fully saturated rings. The number of aromatic nitrogens is 5. The molecule has 5 rings (SSSR count). The van der Waals surface area contributed by atoms with E-state index in [1.165, 1.54) is 5.56 Å². The number of piperazine rings is 1. The van der Waals surface area contributed by atoms with E-state index in [0.717, 1.165) is 73.6 Å². The first kappa shape index (κ1) is 18.3. The third kappa shape index (κ3) is 3.42. The molecule has 4 heterocycles. The van der Waals surface area contributed by atoms with E-state index in [2.05, 4.69) is 21.3 Å². The highest BCUT2D eigenvalue weighted by atomic mass is 16.2. The first-order chi connectivity index (χ1) is 14.0. The smallest absolute Gasteiger partial charge is 0.254 e. The van der Waals surface area contributed by atoms with Crippen LogP contribution >= 0.6 is 0 Å². The summed E-state index contributed by atoms with van der Waals surface area (Å²) in [6.07, 6.45) is 6.29. The molecule has 0 atom stereocenters. The number of rotatable bonds is 4. The van der Waals surface area contributed by atoms with Gasteiger partial charge in [0, 0.05) is 70.2 Å². The second-order valence-corrected chi connectivity index (χ2v) is 8.37. The number of hydrogen-bond acceptors (Lipinski definition) is 5. The van der Waals surface area contributed by atoms with Gasteiger partial charge in [0.25, 0.3) is 5.91 Å². The van der Waals surface area contributed by atoms with Crippen LogP contribution in [0.2, 0.25) is 0 Å². The van der Waals surface area contributed by atoms with E-state index < -0.39 is 0 Å². The summed E-state index contributed by atoms with van der Waals surface area (Å²) in [5, 5.41) is 9.67. The largest absolute Gasteiger partial charge is 0.336 e. The number of carbonyl (C=O) groups is 1. The molecule has 8 nitrogen and oxygen atoms in total. The van der Waals surface area contributed by atoms with Crippen LogP contribution in [0.3, 0.4) is 0 Å². The van der Waals surface area contributed by atoms with Gasteiger partial charge in [0.05, 0.1) is 22.8 Å². The summed E-state index contributed by atoms with van der Waals surface area (Å²) in [5.41, 5.74) is 4.71. The number of carbonyl (C=O) groups excluding carboxylic acids is 1. The monoisotopic (exact) mass is 393 g/mol. The zero-order valence-electron chi connectivity index (χ0n) is 17.3. The summed E-state index contributed by atoms with van der Waals surface area (Å²) in [4.78, 5) is 22.7. The molecule has 2 aliphatic rings. The van der Waals surface area contributed by atoms with Gasteiger partial charge in [-0.2, -0.15) is 10.2 Å². The third-order valence-electron chi connectivity index (χ3n) is 6.04. The van der Waals surface area contributed by atoms with Crippen molar-refractivity contribution in [2.45, 2.75) is 32.2 Å². The Bertz CT molecular complexity index is 1070. The fraction of sp³-hybridized carbons (Fsp3) is 0.524. The van der Waals surface area contributed by atoms with E-state index in [-0.39, 0.29) is 5.91 Å². The first-order valence-electron chi connectivity index (χ1n) is 10.3. The van der Waals surface area contributed by atoms with E-state index in [4.69, 9.17) is 4.98 Å².